The van der Waals surface area contributed by atoms with Crippen LogP contribution in [-0.4, -0.2) is 60.6 Å². The van der Waals surface area contributed by atoms with E-state index in [0.717, 1.165) is 10.5 Å². The number of rotatable bonds is 8. The molecule has 0 saturated carbocycles. The first kappa shape index (κ1) is 23.0. The molecule has 1 atom stereocenters. The lowest BCUT2D eigenvalue weighted by atomic mass is 10.1. The normalized spacial score (nSPS) is 16.0. The Balaban J connectivity index is 1.93. The Morgan fingerprint density at radius 1 is 1.12 bits per heavy atom. The van der Waals surface area contributed by atoms with Crippen molar-refractivity contribution in [2.75, 3.05) is 25.7 Å². The number of imide groups is 1. The third-order valence-corrected chi connectivity index (χ3v) is 5.25. The lowest BCUT2D eigenvalue weighted by Gasteiger charge is -2.30. The number of nitro groups is 1. The van der Waals surface area contributed by atoms with Gasteiger partial charge in [0.05, 0.1) is 23.6 Å². The molecule has 0 bridgehead atoms. The van der Waals surface area contributed by atoms with Crippen LogP contribution >= 0.6 is 0 Å². The molecule has 32 heavy (non-hydrogen) atoms. The third kappa shape index (κ3) is 4.66. The van der Waals surface area contributed by atoms with Crippen molar-refractivity contribution in [3.63, 3.8) is 0 Å². The van der Waals surface area contributed by atoms with Gasteiger partial charge in [-0.15, -0.1) is 0 Å². The quantitative estimate of drug-likeness (QED) is 0.267. The summed E-state index contributed by atoms with van der Waals surface area (Å²) in [5.41, 5.74) is 1.36. The fourth-order valence-corrected chi connectivity index (χ4v) is 3.47. The van der Waals surface area contributed by atoms with Gasteiger partial charge in [-0.2, -0.15) is 0 Å². The summed E-state index contributed by atoms with van der Waals surface area (Å²) in [6.07, 6.45) is -1.04. The summed E-state index contributed by atoms with van der Waals surface area (Å²) in [7, 11) is 2.78. The highest BCUT2D eigenvalue weighted by atomic mass is 16.7. The topological polar surface area (TPSA) is 119 Å². The highest BCUT2D eigenvalue weighted by molar-refractivity contribution is 6.23. The molecule has 10 heteroatoms. The van der Waals surface area contributed by atoms with Crippen LogP contribution in [0.5, 0.6) is 0 Å². The van der Waals surface area contributed by atoms with Crippen LogP contribution < -0.4 is 4.90 Å². The number of methoxy groups -OCH3 is 2. The third-order valence-electron chi connectivity index (χ3n) is 5.25. The van der Waals surface area contributed by atoms with E-state index in [2.05, 4.69) is 0 Å². The molecule has 1 fully saturated rings. The molecule has 1 unspecified atom stereocenters. The molecule has 0 aromatic heterocycles. The molecule has 3 amide bonds. The molecule has 3 rings (SSSR count). The SMILES string of the molecule is COC(CN(C(=O)c1ccc([N+](=O)[O-])cc1)C1CC(=O)N(c2ccc(C)cc2)C1=O)OC. The molecule has 0 radical (unpaired) electrons. The Hall–Kier alpha value is -3.63. The van der Waals surface area contributed by atoms with E-state index in [1.54, 1.807) is 24.3 Å². The van der Waals surface area contributed by atoms with E-state index in [4.69, 9.17) is 9.47 Å². The summed E-state index contributed by atoms with van der Waals surface area (Å²) in [5, 5.41) is 10.9. The van der Waals surface area contributed by atoms with Gasteiger partial charge in [0.15, 0.2) is 6.29 Å². The molecule has 1 saturated heterocycles. The Morgan fingerprint density at radius 2 is 1.72 bits per heavy atom. The average Bonchev–Trinajstić information content (AvgIpc) is 3.08. The van der Waals surface area contributed by atoms with Gasteiger partial charge >= 0.3 is 0 Å². The van der Waals surface area contributed by atoms with Crippen LogP contribution in [0, 0.1) is 17.0 Å². The van der Waals surface area contributed by atoms with Gasteiger partial charge in [-0.25, -0.2) is 4.90 Å². The van der Waals surface area contributed by atoms with Crippen molar-refractivity contribution in [2.45, 2.75) is 25.7 Å². The lowest BCUT2D eigenvalue weighted by Crippen LogP contribution is -2.49. The smallest absolute Gasteiger partial charge is 0.269 e. The van der Waals surface area contributed by atoms with Gasteiger partial charge in [-0.3, -0.25) is 24.5 Å². The van der Waals surface area contributed by atoms with Gasteiger partial charge in [0.25, 0.3) is 17.5 Å². The van der Waals surface area contributed by atoms with Crippen molar-refractivity contribution in [3.8, 4) is 0 Å². The average molecular weight is 441 g/mol. The van der Waals surface area contributed by atoms with Crippen molar-refractivity contribution in [2.24, 2.45) is 0 Å². The van der Waals surface area contributed by atoms with Crippen LogP contribution in [0.3, 0.4) is 0 Å². The minimum Gasteiger partial charge on any atom is -0.354 e. The zero-order chi connectivity index (χ0) is 23.4. The molecule has 168 valence electrons. The Bertz CT molecular complexity index is 1020. The number of nitro benzene ring substituents is 1. The lowest BCUT2D eigenvalue weighted by molar-refractivity contribution is -0.384. The predicted octanol–water partition coefficient (Wildman–Crippen LogP) is 2.30. The van der Waals surface area contributed by atoms with Crippen LogP contribution in [0.1, 0.15) is 22.3 Å². The van der Waals surface area contributed by atoms with Gasteiger partial charge < -0.3 is 14.4 Å². The zero-order valence-electron chi connectivity index (χ0n) is 17.9. The molecule has 1 heterocycles. The molecule has 0 aliphatic carbocycles. The van der Waals surface area contributed by atoms with Gasteiger partial charge in [0.2, 0.25) is 5.91 Å². The number of anilines is 1. The first-order valence-electron chi connectivity index (χ1n) is 9.81. The van der Waals surface area contributed by atoms with Crippen molar-refractivity contribution < 1.29 is 28.8 Å². The highest BCUT2D eigenvalue weighted by Crippen LogP contribution is 2.27. The molecule has 2 aromatic rings. The molecule has 1 aliphatic rings. The summed E-state index contributed by atoms with van der Waals surface area (Å²) < 4.78 is 10.4. The second-order valence-corrected chi connectivity index (χ2v) is 7.29. The number of carbonyl (C=O) groups excluding carboxylic acids is 3. The number of hydrogen-bond donors (Lipinski definition) is 0. The van der Waals surface area contributed by atoms with E-state index in [1.165, 1.54) is 43.4 Å². The maximum Gasteiger partial charge on any atom is 0.269 e. The minimum atomic E-state index is -1.07. The molecule has 10 nitrogen and oxygen atoms in total. The molecular weight excluding hydrogens is 418 g/mol. The van der Waals surface area contributed by atoms with Crippen LogP contribution in [0.4, 0.5) is 11.4 Å². The van der Waals surface area contributed by atoms with E-state index >= 15 is 0 Å². The monoisotopic (exact) mass is 441 g/mol. The van der Waals surface area contributed by atoms with E-state index in [1.807, 2.05) is 6.92 Å². The number of aryl methyl sites for hydroxylation is 1. The predicted molar refractivity (Wildman–Crippen MR) is 114 cm³/mol. The van der Waals surface area contributed by atoms with Crippen LogP contribution in [0.2, 0.25) is 0 Å². The van der Waals surface area contributed by atoms with Crippen LogP contribution in [-0.2, 0) is 19.1 Å². The summed E-state index contributed by atoms with van der Waals surface area (Å²) in [4.78, 5) is 51.8. The molecule has 1 aliphatic heterocycles. The van der Waals surface area contributed by atoms with E-state index in [-0.39, 0.29) is 24.2 Å². The largest absolute Gasteiger partial charge is 0.354 e. The first-order valence-corrected chi connectivity index (χ1v) is 9.81. The Kier molecular flexibility index (Phi) is 6.96. The number of ether oxygens (including phenoxy) is 2. The number of amides is 3. The maximum atomic E-state index is 13.3. The van der Waals surface area contributed by atoms with Gasteiger partial charge in [-0.1, -0.05) is 17.7 Å². The fourth-order valence-electron chi connectivity index (χ4n) is 3.47. The molecular formula is C22H23N3O7. The van der Waals surface area contributed by atoms with Crippen LogP contribution in [0.25, 0.3) is 0 Å². The van der Waals surface area contributed by atoms with Gasteiger partial charge in [0, 0.05) is 31.9 Å². The number of nitrogens with zero attached hydrogens (tertiary/aromatic N) is 3. The number of carbonyl (C=O) groups is 3. The Morgan fingerprint density at radius 3 is 2.25 bits per heavy atom. The van der Waals surface area contributed by atoms with Gasteiger partial charge in [0.1, 0.15) is 6.04 Å². The summed E-state index contributed by atoms with van der Waals surface area (Å²) in [6.45, 7) is 1.77. The van der Waals surface area contributed by atoms with Crippen molar-refractivity contribution >= 4 is 29.1 Å². The van der Waals surface area contributed by atoms with Crippen LogP contribution in [0.15, 0.2) is 48.5 Å². The summed E-state index contributed by atoms with van der Waals surface area (Å²) >= 11 is 0. The Labute approximate surface area is 184 Å². The molecule has 0 N–H and O–H groups in total. The van der Waals surface area contributed by atoms with E-state index in [0.29, 0.717) is 5.69 Å². The summed E-state index contributed by atoms with van der Waals surface area (Å²) in [5.74, 6) is -1.55. The van der Waals surface area contributed by atoms with Crippen molar-refractivity contribution in [3.05, 3.63) is 69.8 Å². The van der Waals surface area contributed by atoms with Crippen molar-refractivity contribution in [1.29, 1.82) is 0 Å². The second-order valence-electron chi connectivity index (χ2n) is 7.29. The van der Waals surface area contributed by atoms with Gasteiger partial charge in [-0.05, 0) is 31.2 Å². The maximum absolute atomic E-state index is 13.3. The second kappa shape index (κ2) is 9.67. The number of benzene rings is 2. The minimum absolute atomic E-state index is 0.117. The zero-order valence-corrected chi connectivity index (χ0v) is 17.9. The fraction of sp³-hybridized carbons (Fsp3) is 0.318. The summed E-state index contributed by atoms with van der Waals surface area (Å²) in [6, 6.07) is 10.9. The van der Waals surface area contributed by atoms with Crippen molar-refractivity contribution in [1.82, 2.24) is 4.90 Å². The first-order chi connectivity index (χ1) is 15.3. The number of non-ortho nitro benzene ring substituents is 1. The standard InChI is InChI=1S/C22H23N3O7/c1-14-4-8-16(9-5-14)24-19(26)12-18(22(24)28)23(13-20(31-2)32-3)21(27)15-6-10-17(11-7-15)25(29)30/h4-11,18,20H,12-13H2,1-3H3. The molecule has 2 aromatic carbocycles. The molecule has 0 spiro atoms. The van der Waals surface area contributed by atoms with E-state index < -0.39 is 35.0 Å². The highest BCUT2D eigenvalue weighted by Gasteiger charge is 2.45. The van der Waals surface area contributed by atoms with E-state index in [9.17, 15) is 24.5 Å². The number of hydrogen-bond acceptors (Lipinski definition) is 7.